The van der Waals surface area contributed by atoms with Crippen LogP contribution in [0.15, 0.2) is 60.4 Å². The second-order valence-electron chi connectivity index (χ2n) is 6.37. The van der Waals surface area contributed by atoms with E-state index >= 15 is 0 Å². The fourth-order valence-electron chi connectivity index (χ4n) is 3.45. The first-order chi connectivity index (χ1) is 14.0. The summed E-state index contributed by atoms with van der Waals surface area (Å²) in [6.07, 6.45) is 3.15. The SMILES string of the molecule is CCOC(=O)C(C1=C([O-])c2ccccc2C1=O)C(C(=O)OCC)[n+]1ccccc1. The molecule has 0 saturated carbocycles. The monoisotopic (exact) mass is 395 g/mol. The number of hydrogen-bond acceptors (Lipinski definition) is 6. The molecule has 2 unspecified atom stereocenters. The molecule has 2 atom stereocenters. The number of ether oxygens (including phenoxy) is 2. The number of carbonyl (C=O) groups excluding carboxylic acids is 3. The summed E-state index contributed by atoms with van der Waals surface area (Å²) < 4.78 is 11.8. The number of pyridine rings is 1. The molecule has 1 heterocycles. The summed E-state index contributed by atoms with van der Waals surface area (Å²) in [5.74, 6) is -4.14. The topological polar surface area (TPSA) is 96.6 Å². The van der Waals surface area contributed by atoms with E-state index in [1.807, 2.05) is 0 Å². The minimum Gasteiger partial charge on any atom is -0.872 e. The molecule has 1 aromatic heterocycles. The van der Waals surface area contributed by atoms with Gasteiger partial charge in [0.05, 0.1) is 13.2 Å². The maximum atomic E-state index is 13.0. The molecule has 0 bridgehead atoms. The zero-order valence-electron chi connectivity index (χ0n) is 16.2. The van der Waals surface area contributed by atoms with Crippen LogP contribution in [0.4, 0.5) is 0 Å². The fraction of sp³-hybridized carbons (Fsp3) is 0.273. The third-order valence-corrected chi connectivity index (χ3v) is 4.66. The number of fused-ring (bicyclic) bond motifs is 1. The number of aromatic nitrogens is 1. The van der Waals surface area contributed by atoms with Gasteiger partial charge in [-0.3, -0.25) is 9.59 Å². The third-order valence-electron chi connectivity index (χ3n) is 4.66. The van der Waals surface area contributed by atoms with Crippen LogP contribution in [-0.4, -0.2) is 30.9 Å². The molecule has 0 fully saturated rings. The van der Waals surface area contributed by atoms with Crippen LogP contribution in [0.3, 0.4) is 0 Å². The molecule has 3 rings (SSSR count). The number of hydrogen-bond donors (Lipinski definition) is 0. The molecule has 0 spiro atoms. The quantitative estimate of drug-likeness (QED) is 0.517. The van der Waals surface area contributed by atoms with Crippen molar-refractivity contribution in [2.24, 2.45) is 5.92 Å². The van der Waals surface area contributed by atoms with Gasteiger partial charge in [0.2, 0.25) is 0 Å². The predicted molar refractivity (Wildman–Crippen MR) is 100 cm³/mol. The van der Waals surface area contributed by atoms with Gasteiger partial charge in [-0.1, -0.05) is 36.1 Å². The second kappa shape index (κ2) is 8.68. The van der Waals surface area contributed by atoms with E-state index in [1.165, 1.54) is 16.7 Å². The average molecular weight is 395 g/mol. The van der Waals surface area contributed by atoms with Gasteiger partial charge in [-0.15, -0.1) is 0 Å². The highest BCUT2D eigenvalue weighted by molar-refractivity contribution is 6.21. The molecule has 0 radical (unpaired) electrons. The molecule has 7 nitrogen and oxygen atoms in total. The van der Waals surface area contributed by atoms with Gasteiger partial charge in [0, 0.05) is 23.3 Å². The summed E-state index contributed by atoms with van der Waals surface area (Å²) in [6.45, 7) is 3.36. The Bertz CT molecular complexity index is 966. The molecule has 1 aliphatic rings. The molecule has 0 saturated heterocycles. The minimum absolute atomic E-state index is 0.0347. The van der Waals surface area contributed by atoms with Crippen molar-refractivity contribution in [3.05, 3.63) is 71.6 Å². The number of benzene rings is 1. The van der Waals surface area contributed by atoms with E-state index in [-0.39, 0.29) is 29.9 Å². The summed E-state index contributed by atoms with van der Waals surface area (Å²) in [6, 6.07) is 10.2. The van der Waals surface area contributed by atoms with Crippen molar-refractivity contribution in [3.63, 3.8) is 0 Å². The van der Waals surface area contributed by atoms with Crippen LogP contribution in [-0.2, 0) is 19.1 Å². The lowest BCUT2D eigenvalue weighted by atomic mass is 9.88. The van der Waals surface area contributed by atoms with Gasteiger partial charge in [-0.2, -0.15) is 4.57 Å². The summed E-state index contributed by atoms with van der Waals surface area (Å²) >= 11 is 0. The Labute approximate surface area is 168 Å². The number of carbonyl (C=O) groups is 3. The van der Waals surface area contributed by atoms with Crippen molar-refractivity contribution in [1.29, 1.82) is 0 Å². The van der Waals surface area contributed by atoms with E-state index in [2.05, 4.69) is 0 Å². The van der Waals surface area contributed by atoms with Gasteiger partial charge in [-0.05, 0) is 19.4 Å². The van der Waals surface area contributed by atoms with Crippen LogP contribution >= 0.6 is 0 Å². The standard InChI is InChI=1S/C22H21NO6/c1-3-28-21(26)16(17-19(24)14-10-6-7-11-15(14)20(17)25)18(22(27)29-4-2)23-12-8-5-9-13-23/h5-13,16,18H,3-4H2,1-2H3. The van der Waals surface area contributed by atoms with E-state index in [4.69, 9.17) is 9.47 Å². The van der Waals surface area contributed by atoms with Gasteiger partial charge >= 0.3 is 11.9 Å². The molecule has 7 heteroatoms. The van der Waals surface area contributed by atoms with Gasteiger partial charge in [-0.25, -0.2) is 4.79 Å². The van der Waals surface area contributed by atoms with Gasteiger partial charge in [0.25, 0.3) is 6.04 Å². The van der Waals surface area contributed by atoms with Gasteiger partial charge in [0.1, 0.15) is 0 Å². The smallest absolute Gasteiger partial charge is 0.377 e. The molecule has 29 heavy (non-hydrogen) atoms. The van der Waals surface area contributed by atoms with E-state index < -0.39 is 35.4 Å². The van der Waals surface area contributed by atoms with Crippen LogP contribution in [0.2, 0.25) is 0 Å². The zero-order chi connectivity index (χ0) is 21.0. The predicted octanol–water partition coefficient (Wildman–Crippen LogP) is 1.23. The Hall–Kier alpha value is -3.48. The zero-order valence-corrected chi connectivity index (χ0v) is 16.2. The molecule has 0 N–H and O–H groups in total. The number of ketones is 1. The number of nitrogens with zero attached hydrogens (tertiary/aromatic N) is 1. The Morgan fingerprint density at radius 3 is 2.10 bits per heavy atom. The van der Waals surface area contributed by atoms with E-state index in [0.717, 1.165) is 0 Å². The first kappa shape index (κ1) is 20.3. The second-order valence-corrected chi connectivity index (χ2v) is 6.37. The van der Waals surface area contributed by atoms with Crippen molar-refractivity contribution in [2.75, 3.05) is 13.2 Å². The Balaban J connectivity index is 2.19. The maximum Gasteiger partial charge on any atom is 0.377 e. The van der Waals surface area contributed by atoms with Crippen molar-refractivity contribution in [2.45, 2.75) is 19.9 Å². The molecule has 1 aliphatic carbocycles. The molecule has 150 valence electrons. The van der Waals surface area contributed by atoms with Crippen molar-refractivity contribution in [1.82, 2.24) is 0 Å². The van der Waals surface area contributed by atoms with Crippen LogP contribution in [0.1, 0.15) is 35.8 Å². The van der Waals surface area contributed by atoms with Crippen LogP contribution in [0.5, 0.6) is 0 Å². The number of Topliss-reactive ketones (excluding diaryl/α,β-unsaturated/α-hetero) is 1. The summed E-state index contributed by atoms with van der Waals surface area (Å²) in [5, 5.41) is 13.0. The first-order valence-corrected chi connectivity index (χ1v) is 9.35. The van der Waals surface area contributed by atoms with E-state index in [1.54, 1.807) is 56.6 Å². The van der Waals surface area contributed by atoms with Crippen molar-refractivity contribution in [3.8, 4) is 0 Å². The molecule has 0 aliphatic heterocycles. The van der Waals surface area contributed by atoms with Crippen molar-refractivity contribution < 1.29 is 33.5 Å². The highest BCUT2D eigenvalue weighted by Gasteiger charge is 2.49. The van der Waals surface area contributed by atoms with Crippen molar-refractivity contribution >= 4 is 23.5 Å². The lowest BCUT2D eigenvalue weighted by Crippen LogP contribution is -2.51. The lowest BCUT2D eigenvalue weighted by Gasteiger charge is -2.23. The Morgan fingerprint density at radius 2 is 1.52 bits per heavy atom. The first-order valence-electron chi connectivity index (χ1n) is 9.35. The average Bonchev–Trinajstić information content (AvgIpc) is 2.98. The van der Waals surface area contributed by atoms with E-state index in [9.17, 15) is 19.5 Å². The lowest BCUT2D eigenvalue weighted by molar-refractivity contribution is -0.714. The van der Waals surface area contributed by atoms with Crippen LogP contribution in [0.25, 0.3) is 5.76 Å². The summed E-state index contributed by atoms with van der Waals surface area (Å²) in [4.78, 5) is 38.8. The number of rotatable bonds is 7. The molecule has 0 amide bonds. The van der Waals surface area contributed by atoms with Crippen LogP contribution < -0.4 is 9.67 Å². The maximum absolute atomic E-state index is 13.0. The fourth-order valence-corrected chi connectivity index (χ4v) is 3.45. The highest BCUT2D eigenvalue weighted by Crippen LogP contribution is 2.37. The summed E-state index contributed by atoms with van der Waals surface area (Å²) in [5.41, 5.74) is 0.143. The molecular weight excluding hydrogens is 374 g/mol. The normalized spacial score (nSPS) is 14.9. The Morgan fingerprint density at radius 1 is 0.931 bits per heavy atom. The molecule has 1 aromatic carbocycles. The Kier molecular flexibility index (Phi) is 6.07. The van der Waals surface area contributed by atoms with Crippen LogP contribution in [0, 0.1) is 5.92 Å². The van der Waals surface area contributed by atoms with Gasteiger partial charge in [0.15, 0.2) is 24.1 Å². The third kappa shape index (κ3) is 3.76. The minimum atomic E-state index is -1.44. The van der Waals surface area contributed by atoms with Gasteiger partial charge < -0.3 is 14.6 Å². The molecular formula is C22H21NO6. The highest BCUT2D eigenvalue weighted by atomic mass is 16.5. The summed E-state index contributed by atoms with van der Waals surface area (Å²) in [7, 11) is 0. The number of esters is 2. The molecule has 2 aromatic rings. The largest absolute Gasteiger partial charge is 0.872 e. The van der Waals surface area contributed by atoms with E-state index in [0.29, 0.717) is 0 Å².